The quantitative estimate of drug-likeness (QED) is 0.847. The molecule has 2 N–H and O–H groups in total. The van der Waals surface area contributed by atoms with Crippen molar-refractivity contribution in [2.75, 3.05) is 0 Å². The van der Waals surface area contributed by atoms with Crippen molar-refractivity contribution in [1.29, 1.82) is 0 Å². The predicted molar refractivity (Wildman–Crippen MR) is 94.1 cm³/mol. The highest BCUT2D eigenvalue weighted by Gasteiger charge is 2.43. The van der Waals surface area contributed by atoms with Gasteiger partial charge in [0, 0.05) is 5.56 Å². The lowest BCUT2D eigenvalue weighted by Crippen LogP contribution is -2.56. The summed E-state index contributed by atoms with van der Waals surface area (Å²) in [6.07, 6.45) is 2.97. The third kappa shape index (κ3) is 3.58. The fraction of sp³-hybridized carbons (Fsp3) is 0.500. The molecule has 1 fully saturated rings. The fourth-order valence-corrected chi connectivity index (χ4v) is 3.46. The van der Waals surface area contributed by atoms with Crippen LogP contribution in [0, 0.1) is 5.92 Å². The lowest BCUT2D eigenvalue weighted by atomic mass is 9.73. The normalized spacial score (nSPS) is 24.0. The number of carboxylic acid groups (broad SMARTS) is 1. The molecule has 3 rings (SSSR count). The van der Waals surface area contributed by atoms with Crippen LogP contribution < -0.4 is 5.32 Å². The van der Waals surface area contributed by atoms with Crippen LogP contribution in [0.25, 0.3) is 11.4 Å². The number of carbonyl (C=O) groups is 2. The van der Waals surface area contributed by atoms with E-state index in [4.69, 9.17) is 0 Å². The minimum atomic E-state index is -0.870. The molecule has 1 aromatic heterocycles. The average Bonchev–Trinajstić information content (AvgIpc) is 3.11. The number of aliphatic carboxylic acids is 1. The molecule has 1 amide bonds. The summed E-state index contributed by atoms with van der Waals surface area (Å²) in [5, 5.41) is 24.7. The van der Waals surface area contributed by atoms with Gasteiger partial charge in [-0.2, -0.15) is 4.80 Å². The van der Waals surface area contributed by atoms with Crippen molar-refractivity contribution < 1.29 is 14.7 Å². The van der Waals surface area contributed by atoms with Gasteiger partial charge in [0.15, 0.2) is 0 Å². The molecular formula is C18H23N5O3. The summed E-state index contributed by atoms with van der Waals surface area (Å²) in [7, 11) is 0. The molecule has 138 valence electrons. The Hall–Kier alpha value is -2.77. The van der Waals surface area contributed by atoms with Crippen molar-refractivity contribution in [3.05, 3.63) is 30.3 Å². The number of aromatic nitrogens is 4. The van der Waals surface area contributed by atoms with Crippen molar-refractivity contribution >= 4 is 11.9 Å². The Balaban J connectivity index is 1.74. The van der Waals surface area contributed by atoms with E-state index >= 15 is 0 Å². The molecule has 0 bridgehead atoms. The monoisotopic (exact) mass is 357 g/mol. The molecular weight excluding hydrogens is 334 g/mol. The number of tetrazole rings is 1. The van der Waals surface area contributed by atoms with Gasteiger partial charge in [-0.1, -0.05) is 43.2 Å². The van der Waals surface area contributed by atoms with Crippen molar-refractivity contribution in [3.63, 3.8) is 0 Å². The molecule has 1 aromatic carbocycles. The first kappa shape index (κ1) is 18.0. The Morgan fingerprint density at radius 1 is 1.31 bits per heavy atom. The van der Waals surface area contributed by atoms with Crippen LogP contribution in [0.1, 0.15) is 45.6 Å². The summed E-state index contributed by atoms with van der Waals surface area (Å²) in [5.74, 6) is -1.32. The van der Waals surface area contributed by atoms with E-state index in [1.807, 2.05) is 30.3 Å². The zero-order valence-corrected chi connectivity index (χ0v) is 14.9. The van der Waals surface area contributed by atoms with Gasteiger partial charge in [-0.15, -0.1) is 10.2 Å². The molecule has 1 saturated carbocycles. The van der Waals surface area contributed by atoms with E-state index in [9.17, 15) is 14.7 Å². The maximum Gasteiger partial charge on any atom is 0.308 e. The number of hydrogen-bond acceptors (Lipinski definition) is 5. The topological polar surface area (TPSA) is 110 Å². The molecule has 8 heteroatoms. The maximum atomic E-state index is 12.7. The first-order chi connectivity index (χ1) is 12.4. The SMILES string of the molecule is CC(C(=O)NC1(C)CCCCC1C(=O)O)n1nnc(-c2ccccc2)n1. The number of hydrogen-bond donors (Lipinski definition) is 2. The number of carboxylic acids is 1. The number of nitrogens with one attached hydrogen (secondary N) is 1. The molecule has 1 aliphatic carbocycles. The van der Waals surface area contributed by atoms with Crippen LogP contribution >= 0.6 is 0 Å². The van der Waals surface area contributed by atoms with Gasteiger partial charge in [0.1, 0.15) is 6.04 Å². The van der Waals surface area contributed by atoms with E-state index in [1.54, 1.807) is 13.8 Å². The lowest BCUT2D eigenvalue weighted by molar-refractivity contribution is -0.147. The first-order valence-electron chi connectivity index (χ1n) is 8.80. The summed E-state index contributed by atoms with van der Waals surface area (Å²) >= 11 is 0. The number of rotatable bonds is 5. The van der Waals surface area contributed by atoms with E-state index in [0.29, 0.717) is 18.7 Å². The van der Waals surface area contributed by atoms with E-state index in [0.717, 1.165) is 18.4 Å². The third-order valence-corrected chi connectivity index (χ3v) is 5.10. The smallest absolute Gasteiger partial charge is 0.308 e. The molecule has 3 unspecified atom stereocenters. The van der Waals surface area contributed by atoms with Gasteiger partial charge < -0.3 is 10.4 Å². The van der Waals surface area contributed by atoms with Crippen LogP contribution in [0.15, 0.2) is 30.3 Å². The standard InChI is InChI=1S/C18H23N5O3/c1-12(23-21-15(20-22-23)13-8-4-3-5-9-13)16(24)19-18(2)11-7-6-10-14(18)17(25)26/h3-5,8-9,12,14H,6-7,10-11H2,1-2H3,(H,19,24)(H,25,26). The molecule has 0 saturated heterocycles. The first-order valence-corrected chi connectivity index (χ1v) is 8.80. The van der Waals surface area contributed by atoms with Crippen LogP contribution in [-0.4, -0.2) is 42.7 Å². The molecule has 1 aliphatic rings. The molecule has 0 radical (unpaired) electrons. The van der Waals surface area contributed by atoms with Crippen molar-refractivity contribution in [1.82, 2.24) is 25.5 Å². The van der Waals surface area contributed by atoms with Gasteiger partial charge in [0.25, 0.3) is 0 Å². The molecule has 0 aliphatic heterocycles. The van der Waals surface area contributed by atoms with Crippen LogP contribution in [-0.2, 0) is 9.59 Å². The summed E-state index contributed by atoms with van der Waals surface area (Å²) in [6, 6.07) is 8.70. The molecule has 0 spiro atoms. The van der Waals surface area contributed by atoms with Crippen LogP contribution in [0.4, 0.5) is 0 Å². The second kappa shape index (κ2) is 7.23. The Bertz CT molecular complexity index is 791. The maximum absolute atomic E-state index is 12.7. The largest absolute Gasteiger partial charge is 0.481 e. The minimum absolute atomic E-state index is 0.308. The number of amides is 1. The summed E-state index contributed by atoms with van der Waals surface area (Å²) in [5.41, 5.74) is 0.0506. The van der Waals surface area contributed by atoms with E-state index in [1.165, 1.54) is 4.80 Å². The summed E-state index contributed by atoms with van der Waals surface area (Å²) in [4.78, 5) is 25.5. The molecule has 3 atom stereocenters. The third-order valence-electron chi connectivity index (χ3n) is 5.10. The van der Waals surface area contributed by atoms with E-state index < -0.39 is 23.5 Å². The van der Waals surface area contributed by atoms with Crippen molar-refractivity contribution in [2.45, 2.75) is 51.1 Å². The van der Waals surface area contributed by atoms with E-state index in [-0.39, 0.29) is 5.91 Å². The highest BCUT2D eigenvalue weighted by Crippen LogP contribution is 2.34. The molecule has 2 aromatic rings. The molecule has 26 heavy (non-hydrogen) atoms. The van der Waals surface area contributed by atoms with Crippen LogP contribution in [0.5, 0.6) is 0 Å². The van der Waals surface area contributed by atoms with Crippen LogP contribution in [0.2, 0.25) is 0 Å². The zero-order valence-electron chi connectivity index (χ0n) is 14.9. The summed E-state index contributed by atoms with van der Waals surface area (Å²) < 4.78 is 0. The van der Waals surface area contributed by atoms with Gasteiger partial charge in [0.05, 0.1) is 11.5 Å². The summed E-state index contributed by atoms with van der Waals surface area (Å²) in [6.45, 7) is 3.48. The number of carbonyl (C=O) groups excluding carboxylic acids is 1. The van der Waals surface area contributed by atoms with Crippen molar-refractivity contribution in [2.24, 2.45) is 5.92 Å². The Kier molecular flexibility index (Phi) is 5.01. The average molecular weight is 357 g/mol. The second-order valence-corrected chi connectivity index (χ2v) is 7.02. The number of benzene rings is 1. The highest BCUT2D eigenvalue weighted by atomic mass is 16.4. The molecule has 1 heterocycles. The van der Waals surface area contributed by atoms with E-state index in [2.05, 4.69) is 20.7 Å². The lowest BCUT2D eigenvalue weighted by Gasteiger charge is -2.40. The zero-order chi connectivity index (χ0) is 18.7. The van der Waals surface area contributed by atoms with Gasteiger partial charge >= 0.3 is 5.97 Å². The Morgan fingerprint density at radius 2 is 2.04 bits per heavy atom. The Labute approximate surface area is 151 Å². The number of nitrogens with zero attached hydrogens (tertiary/aromatic N) is 4. The van der Waals surface area contributed by atoms with Crippen molar-refractivity contribution in [3.8, 4) is 11.4 Å². The highest BCUT2D eigenvalue weighted by molar-refractivity contribution is 5.82. The predicted octanol–water partition coefficient (Wildman–Crippen LogP) is 2.05. The van der Waals surface area contributed by atoms with Gasteiger partial charge in [-0.25, -0.2) is 0 Å². The van der Waals surface area contributed by atoms with Crippen LogP contribution in [0.3, 0.4) is 0 Å². The van der Waals surface area contributed by atoms with Gasteiger partial charge in [-0.05, 0) is 31.9 Å². The second-order valence-electron chi connectivity index (χ2n) is 7.02. The van der Waals surface area contributed by atoms with Gasteiger partial charge in [0.2, 0.25) is 11.7 Å². The molecule has 8 nitrogen and oxygen atoms in total. The minimum Gasteiger partial charge on any atom is -0.481 e. The Morgan fingerprint density at radius 3 is 2.73 bits per heavy atom. The van der Waals surface area contributed by atoms with Gasteiger partial charge in [-0.3, -0.25) is 9.59 Å². The fourth-order valence-electron chi connectivity index (χ4n) is 3.46.